The average molecular weight is 607 g/mol. The highest BCUT2D eigenvalue weighted by atomic mass is 35.5. The molecule has 0 aromatic rings. The number of hydrogen-bond donors (Lipinski definition) is 8. The number of rotatable bonds is 2. The van der Waals surface area contributed by atoms with Crippen LogP contribution in [-0.4, -0.2) is 166 Å². The highest BCUT2D eigenvalue weighted by Crippen LogP contribution is 2.31. The maximum atomic E-state index is 10.1. The van der Waals surface area contributed by atoms with Crippen molar-refractivity contribution in [3.63, 3.8) is 0 Å². The molecule has 12 nitrogen and oxygen atoms in total. The van der Waals surface area contributed by atoms with Gasteiger partial charge < -0.3 is 54.9 Å². The quantitative estimate of drug-likeness (QED) is 0.0744. The summed E-state index contributed by atoms with van der Waals surface area (Å²) in [7, 11) is -10.7. The number of fused-ring (bicyclic) bond motifs is 3. The van der Waals surface area contributed by atoms with Crippen molar-refractivity contribution in [2.24, 2.45) is 0 Å². The van der Waals surface area contributed by atoms with Gasteiger partial charge in [0.25, 0.3) is 0 Å². The van der Waals surface area contributed by atoms with Crippen molar-refractivity contribution in [3.05, 3.63) is 0 Å². The summed E-state index contributed by atoms with van der Waals surface area (Å²) in [6.45, 7) is 16.3. The summed E-state index contributed by atoms with van der Waals surface area (Å²) in [5, 5.41) is 55.6. The van der Waals surface area contributed by atoms with E-state index in [1.807, 2.05) is 0 Å². The zero-order valence-electron chi connectivity index (χ0n) is 21.6. The molecule has 0 aliphatic carbocycles. The van der Waals surface area contributed by atoms with E-state index >= 15 is 0 Å². The van der Waals surface area contributed by atoms with Gasteiger partial charge in [0.15, 0.2) is 4.46 Å². The Morgan fingerprint density at radius 1 is 0.579 bits per heavy atom. The Hall–Kier alpha value is 0.0797. The van der Waals surface area contributed by atoms with Gasteiger partial charge in [0.05, 0.1) is 0 Å². The zero-order chi connectivity index (χ0) is 30.3. The normalized spacial score (nSPS) is 21.8. The van der Waals surface area contributed by atoms with E-state index in [1.165, 1.54) is 19.5 Å². The van der Waals surface area contributed by atoms with Gasteiger partial charge in [-0.15, -0.1) is 0 Å². The Kier molecular flexibility index (Phi) is 29.1. The molecule has 0 saturated carbocycles. The first-order valence-electron chi connectivity index (χ1n) is 11.8. The Morgan fingerprint density at radius 2 is 0.921 bits per heavy atom. The van der Waals surface area contributed by atoms with Crippen molar-refractivity contribution in [2.45, 2.75) is 31.1 Å². The fraction of sp³-hybridized carbons (Fsp3) is 1.00. The Bertz CT molecular complexity index is 503. The lowest BCUT2D eigenvalue weighted by Crippen LogP contribution is -2.52. The van der Waals surface area contributed by atoms with Crippen LogP contribution in [0.25, 0.3) is 0 Å². The molecule has 2 unspecified atom stereocenters. The first-order chi connectivity index (χ1) is 17.5. The molecule has 2 heterocycles. The lowest BCUT2D eigenvalue weighted by molar-refractivity contribution is 0.102. The van der Waals surface area contributed by atoms with Crippen molar-refractivity contribution in [3.8, 4) is 0 Å². The summed E-state index contributed by atoms with van der Waals surface area (Å²) in [6, 6.07) is 0. The van der Waals surface area contributed by atoms with E-state index in [1.54, 1.807) is 0 Å². The number of likely N-dealkylation sites (N-methyl/N-ethyl adjacent to an activating group) is 2. The summed E-state index contributed by atoms with van der Waals surface area (Å²) < 4.78 is 39.7. The maximum Gasteiger partial charge on any atom is 0.674 e. The van der Waals surface area contributed by atoms with Gasteiger partial charge in [-0.2, -0.15) is 0 Å². The van der Waals surface area contributed by atoms with E-state index in [-0.39, 0.29) is 0 Å². The molecule has 2 rings (SSSR count). The van der Waals surface area contributed by atoms with E-state index in [0.717, 1.165) is 65.3 Å². The molecule has 226 valence electrons. The topological polar surface area (TPSA) is 175 Å². The fourth-order valence-electron chi connectivity index (χ4n) is 3.41. The van der Waals surface area contributed by atoms with Gasteiger partial charge in [-0.05, 0) is 32.6 Å². The van der Waals surface area contributed by atoms with Gasteiger partial charge in [0, 0.05) is 52.2 Å². The molecule has 2 aliphatic heterocycles. The summed E-state index contributed by atoms with van der Waals surface area (Å²) in [6.07, 6.45) is 2.07. The summed E-state index contributed by atoms with van der Waals surface area (Å²) in [5.74, 6) is 0. The van der Waals surface area contributed by atoms with Crippen molar-refractivity contribution < 1.29 is 57.5 Å². The Labute approximate surface area is 233 Å². The lowest BCUT2D eigenvalue weighted by atomic mass is 10.2. The van der Waals surface area contributed by atoms with Crippen LogP contribution in [-0.2, 0) is 0 Å². The number of halogens is 6. The molecule has 8 N–H and O–H groups in total. The third-order valence-electron chi connectivity index (χ3n) is 5.14. The summed E-state index contributed by atoms with van der Waals surface area (Å²) in [5.41, 5.74) is 0. The molecule has 2 saturated heterocycles. The second-order valence-electron chi connectivity index (χ2n) is 7.71. The van der Waals surface area contributed by atoms with Crippen LogP contribution in [0.15, 0.2) is 0 Å². The third kappa shape index (κ3) is 32.3. The highest BCUT2D eigenvalue weighted by Gasteiger charge is 2.33. The first-order valence-corrected chi connectivity index (χ1v) is 12.5. The van der Waals surface area contributed by atoms with E-state index in [9.17, 15) is 17.3 Å². The molecular formula is C16H40B4Cl2F4N4O8. The second kappa shape index (κ2) is 26.0. The largest absolute Gasteiger partial charge is 0.674 e. The molecule has 0 spiro atoms. The van der Waals surface area contributed by atoms with Crippen molar-refractivity contribution in [1.82, 2.24) is 19.6 Å². The first kappa shape index (κ1) is 42.5. The molecule has 0 radical (unpaired) electrons. The molecule has 2 aliphatic rings. The monoisotopic (exact) mass is 606 g/mol. The third-order valence-corrected chi connectivity index (χ3v) is 6.00. The van der Waals surface area contributed by atoms with E-state index in [2.05, 4.69) is 33.4 Å². The van der Waals surface area contributed by atoms with E-state index in [0.29, 0.717) is 0 Å². The molecule has 2 bridgehead atoms. The lowest BCUT2D eigenvalue weighted by Gasteiger charge is -2.41. The van der Waals surface area contributed by atoms with Gasteiger partial charge >= 0.3 is 29.6 Å². The van der Waals surface area contributed by atoms with Gasteiger partial charge in [0.2, 0.25) is 0 Å². The smallest absolute Gasteiger partial charge is 0.398 e. The zero-order valence-corrected chi connectivity index (χ0v) is 23.1. The standard InChI is InChI=1S/C16H32Cl2N4.4BFH2O2/c1-3-19-7-5-8-21-11-10-20(4-2)9-6-16(17,18)22(14-12-19)15-13-21;4*2-1(3)4/h3-15H2,1-2H3;4*3-4H. The molecule has 0 aromatic heterocycles. The van der Waals surface area contributed by atoms with E-state index < -0.39 is 34.0 Å². The molecular weight excluding hydrogens is 566 g/mol. The van der Waals surface area contributed by atoms with Crippen molar-refractivity contribution in [1.29, 1.82) is 0 Å². The SMILES string of the molecule is CCN1CCCN2CCN(CC)CCC(Cl)(Cl)N(CC1)CC2.OB(O)F.OB(O)F.OB(O)F.OB(O)F. The van der Waals surface area contributed by atoms with Crippen LogP contribution >= 0.6 is 23.2 Å². The number of nitrogens with zero attached hydrogens (tertiary/aromatic N) is 4. The van der Waals surface area contributed by atoms with Crippen LogP contribution in [0.3, 0.4) is 0 Å². The van der Waals surface area contributed by atoms with Crippen molar-refractivity contribution in [2.75, 3.05) is 72.0 Å². The Morgan fingerprint density at radius 3 is 1.34 bits per heavy atom. The number of hydrogen-bond acceptors (Lipinski definition) is 12. The molecule has 0 aromatic carbocycles. The van der Waals surface area contributed by atoms with E-state index in [4.69, 9.17) is 63.4 Å². The van der Waals surface area contributed by atoms with Crippen LogP contribution in [0, 0.1) is 0 Å². The van der Waals surface area contributed by atoms with Gasteiger partial charge in [0.1, 0.15) is 0 Å². The predicted molar refractivity (Wildman–Crippen MR) is 141 cm³/mol. The van der Waals surface area contributed by atoms with Gasteiger partial charge in [-0.25, -0.2) is 0 Å². The highest BCUT2D eigenvalue weighted by molar-refractivity contribution is 6.48. The minimum atomic E-state index is -2.67. The molecule has 38 heavy (non-hydrogen) atoms. The molecule has 2 fully saturated rings. The minimum Gasteiger partial charge on any atom is -0.398 e. The molecule has 2 atom stereocenters. The van der Waals surface area contributed by atoms with Crippen LogP contribution in [0.4, 0.5) is 17.3 Å². The second-order valence-corrected chi connectivity index (χ2v) is 9.15. The van der Waals surface area contributed by atoms with Gasteiger partial charge in [-0.3, -0.25) is 22.2 Å². The summed E-state index contributed by atoms with van der Waals surface area (Å²) >= 11 is 13.5. The average Bonchev–Trinajstić information content (AvgIpc) is 2.75. The van der Waals surface area contributed by atoms with Gasteiger partial charge in [-0.1, -0.05) is 37.0 Å². The maximum absolute atomic E-state index is 10.1. The molecule has 0 amide bonds. The van der Waals surface area contributed by atoms with Crippen LogP contribution in [0.5, 0.6) is 0 Å². The summed E-state index contributed by atoms with van der Waals surface area (Å²) in [4.78, 5) is 9.87. The predicted octanol–water partition coefficient (Wildman–Crippen LogP) is -2.13. The van der Waals surface area contributed by atoms with Crippen LogP contribution in [0.1, 0.15) is 26.7 Å². The number of alkyl halides is 2. The fourth-order valence-corrected chi connectivity index (χ4v) is 3.91. The minimum absolute atomic E-state index is 0.741. The van der Waals surface area contributed by atoms with Crippen LogP contribution in [0.2, 0.25) is 0 Å². The van der Waals surface area contributed by atoms with Crippen molar-refractivity contribution >= 4 is 52.8 Å². The molecule has 22 heteroatoms. The Balaban J connectivity index is -0.000000627. The van der Waals surface area contributed by atoms with Crippen LogP contribution < -0.4 is 0 Å².